The molecule has 0 aromatic carbocycles. The highest BCUT2D eigenvalue weighted by molar-refractivity contribution is 6.33. The molecule has 2 saturated heterocycles. The second-order valence-electron chi connectivity index (χ2n) is 7.45. The number of aromatic nitrogens is 4. The van der Waals surface area contributed by atoms with Gasteiger partial charge in [0.2, 0.25) is 0 Å². The number of aromatic amines is 1. The van der Waals surface area contributed by atoms with Gasteiger partial charge in [-0.15, -0.1) is 0 Å². The number of ether oxygens (including phenoxy) is 4. The molecule has 30 heavy (non-hydrogen) atoms. The van der Waals surface area contributed by atoms with Gasteiger partial charge >= 0.3 is 0 Å². The van der Waals surface area contributed by atoms with Gasteiger partial charge in [0.25, 0.3) is 6.01 Å². The first-order valence-corrected chi connectivity index (χ1v) is 10.0. The number of anilines is 1. The Kier molecular flexibility index (Phi) is 4.20. The summed E-state index contributed by atoms with van der Waals surface area (Å²) < 4.78 is 22.7. The minimum Gasteiger partial charge on any atom is -0.489 e. The number of hydrogen-bond acceptors (Lipinski definition) is 9. The van der Waals surface area contributed by atoms with Gasteiger partial charge in [0.15, 0.2) is 11.8 Å². The Balaban J connectivity index is 1.23. The zero-order valence-corrected chi connectivity index (χ0v) is 16.4. The van der Waals surface area contributed by atoms with E-state index >= 15 is 0 Å². The number of H-pyrrole nitrogens is 1. The molecule has 0 aliphatic carbocycles. The van der Waals surface area contributed by atoms with Crippen LogP contribution in [-0.4, -0.2) is 69.3 Å². The maximum atomic E-state index is 9.86. The SMILES string of the molecule is O[C@@H]1CO[C@H]2[C@@H]1OC[C@H]2Oc1nc2nc(N[C@H]3COc4cccnc43)c(Cl)cc2[nH]1. The van der Waals surface area contributed by atoms with Crippen LogP contribution in [-0.2, 0) is 9.47 Å². The molecule has 2 fully saturated rings. The Hall–Kier alpha value is -2.66. The van der Waals surface area contributed by atoms with Crippen molar-refractivity contribution in [3.05, 3.63) is 35.1 Å². The molecule has 0 amide bonds. The predicted octanol–water partition coefficient (Wildman–Crippen LogP) is 1.46. The first kappa shape index (κ1) is 18.1. The van der Waals surface area contributed by atoms with Crippen molar-refractivity contribution in [1.82, 2.24) is 19.9 Å². The second kappa shape index (κ2) is 6.95. The molecule has 3 aliphatic rings. The van der Waals surface area contributed by atoms with E-state index in [1.54, 1.807) is 12.3 Å². The minimum absolute atomic E-state index is 0.156. The fourth-order valence-electron chi connectivity index (χ4n) is 4.05. The third-order valence-electron chi connectivity index (χ3n) is 5.50. The van der Waals surface area contributed by atoms with E-state index in [9.17, 15) is 5.11 Å². The van der Waals surface area contributed by atoms with Crippen molar-refractivity contribution in [3.63, 3.8) is 0 Å². The maximum Gasteiger partial charge on any atom is 0.296 e. The van der Waals surface area contributed by atoms with Crippen LogP contribution in [0.25, 0.3) is 11.2 Å². The lowest BCUT2D eigenvalue weighted by atomic mass is 10.1. The number of hydrogen-bond donors (Lipinski definition) is 3. The number of aliphatic hydroxyl groups excluding tert-OH is 1. The maximum absolute atomic E-state index is 9.86. The summed E-state index contributed by atoms with van der Waals surface area (Å²) in [5.74, 6) is 1.24. The van der Waals surface area contributed by atoms with Gasteiger partial charge in [-0.1, -0.05) is 11.6 Å². The minimum atomic E-state index is -0.632. The second-order valence-corrected chi connectivity index (χ2v) is 7.85. The van der Waals surface area contributed by atoms with Gasteiger partial charge in [0, 0.05) is 6.20 Å². The van der Waals surface area contributed by atoms with Gasteiger partial charge in [-0.05, 0) is 18.2 Å². The summed E-state index contributed by atoms with van der Waals surface area (Å²) in [6.07, 6.45) is 0.0404. The fourth-order valence-corrected chi connectivity index (χ4v) is 4.26. The molecular weight excluding hydrogens is 414 g/mol. The molecule has 6 heterocycles. The van der Waals surface area contributed by atoms with E-state index in [1.165, 1.54) is 0 Å². The Morgan fingerprint density at radius 2 is 2.10 bits per heavy atom. The summed E-state index contributed by atoms with van der Waals surface area (Å²) in [5.41, 5.74) is 1.92. The van der Waals surface area contributed by atoms with Crippen LogP contribution in [0.15, 0.2) is 24.4 Å². The molecule has 6 rings (SSSR count). The van der Waals surface area contributed by atoms with Crippen LogP contribution in [0.1, 0.15) is 11.7 Å². The molecule has 5 atom stereocenters. The van der Waals surface area contributed by atoms with Gasteiger partial charge in [-0.3, -0.25) is 4.98 Å². The van der Waals surface area contributed by atoms with Crippen molar-refractivity contribution in [2.75, 3.05) is 25.1 Å². The standard InChI is InChI=1S/C19H18ClN5O5/c20-8-4-9-18(24-17(8)22-10-5-27-12-2-1-3-21-14(10)12)25-19(23-9)30-13-7-29-15-11(26)6-28-16(13)15/h1-4,10-11,13,15-16,26H,5-7H2,(H2,22,23,24,25)/t10-,11+,13+,15+,16+/m0/s1. The fraction of sp³-hybridized carbons (Fsp3) is 0.421. The normalized spacial score (nSPS) is 29.6. The van der Waals surface area contributed by atoms with Crippen LogP contribution in [0.5, 0.6) is 11.8 Å². The summed E-state index contributed by atoms with van der Waals surface area (Å²) in [6, 6.07) is 5.59. The molecule has 3 N–H and O–H groups in total. The van der Waals surface area contributed by atoms with E-state index in [0.29, 0.717) is 41.2 Å². The molecule has 10 nitrogen and oxygen atoms in total. The highest BCUT2D eigenvalue weighted by Gasteiger charge is 2.48. The molecule has 0 spiro atoms. The van der Waals surface area contributed by atoms with Gasteiger partial charge < -0.3 is 34.4 Å². The summed E-state index contributed by atoms with van der Waals surface area (Å²) in [4.78, 5) is 16.4. The van der Waals surface area contributed by atoms with Crippen molar-refractivity contribution >= 4 is 28.6 Å². The zero-order valence-electron chi connectivity index (χ0n) is 15.6. The van der Waals surface area contributed by atoms with E-state index in [4.69, 9.17) is 30.5 Å². The Bertz CT molecular complexity index is 1110. The van der Waals surface area contributed by atoms with Crippen molar-refractivity contribution in [2.45, 2.75) is 30.5 Å². The molecule has 0 bridgehead atoms. The Labute approximate surface area is 175 Å². The highest BCUT2D eigenvalue weighted by atomic mass is 35.5. The molecule has 0 radical (unpaired) electrons. The zero-order chi connectivity index (χ0) is 20.2. The van der Waals surface area contributed by atoms with Crippen molar-refractivity contribution in [2.24, 2.45) is 0 Å². The third kappa shape index (κ3) is 2.95. The largest absolute Gasteiger partial charge is 0.489 e. The van der Waals surface area contributed by atoms with E-state index < -0.39 is 6.10 Å². The monoisotopic (exact) mass is 431 g/mol. The van der Waals surface area contributed by atoms with Crippen molar-refractivity contribution in [3.8, 4) is 11.8 Å². The molecular formula is C19H18ClN5O5. The lowest BCUT2D eigenvalue weighted by molar-refractivity contribution is 0.00706. The Morgan fingerprint density at radius 1 is 1.20 bits per heavy atom. The number of fused-ring (bicyclic) bond motifs is 3. The smallest absolute Gasteiger partial charge is 0.296 e. The van der Waals surface area contributed by atoms with Crippen LogP contribution >= 0.6 is 11.6 Å². The summed E-state index contributed by atoms with van der Waals surface area (Å²) in [5, 5.41) is 13.6. The van der Waals surface area contributed by atoms with Crippen LogP contribution in [0, 0.1) is 0 Å². The average molecular weight is 432 g/mol. The number of halogens is 1. The summed E-state index contributed by atoms with van der Waals surface area (Å²) in [6.45, 7) is 0.996. The quantitative estimate of drug-likeness (QED) is 0.563. The van der Waals surface area contributed by atoms with Crippen molar-refractivity contribution < 1.29 is 24.1 Å². The van der Waals surface area contributed by atoms with Crippen LogP contribution in [0.4, 0.5) is 5.82 Å². The van der Waals surface area contributed by atoms with Gasteiger partial charge in [-0.2, -0.15) is 4.98 Å². The average Bonchev–Trinajstić information content (AvgIpc) is 3.49. The summed E-state index contributed by atoms with van der Waals surface area (Å²) in [7, 11) is 0. The van der Waals surface area contributed by atoms with Gasteiger partial charge in [0.05, 0.1) is 23.8 Å². The van der Waals surface area contributed by atoms with Crippen LogP contribution < -0.4 is 14.8 Å². The number of rotatable bonds is 4. The summed E-state index contributed by atoms with van der Waals surface area (Å²) >= 11 is 6.43. The highest BCUT2D eigenvalue weighted by Crippen LogP contribution is 2.35. The molecule has 11 heteroatoms. The van der Waals surface area contributed by atoms with E-state index in [1.807, 2.05) is 12.1 Å². The molecule has 156 valence electrons. The molecule has 3 aromatic rings. The number of aliphatic hydroxyl groups is 1. The molecule has 0 unspecified atom stereocenters. The lowest BCUT2D eigenvalue weighted by Gasteiger charge is -2.15. The first-order chi connectivity index (χ1) is 14.7. The van der Waals surface area contributed by atoms with Crippen molar-refractivity contribution in [1.29, 1.82) is 0 Å². The predicted molar refractivity (Wildman–Crippen MR) is 105 cm³/mol. The lowest BCUT2D eigenvalue weighted by Crippen LogP contribution is -2.34. The number of nitrogens with zero attached hydrogens (tertiary/aromatic N) is 3. The number of nitrogens with one attached hydrogen (secondary N) is 2. The van der Waals surface area contributed by atoms with Gasteiger partial charge in [-0.25, -0.2) is 4.98 Å². The van der Waals surface area contributed by atoms with E-state index in [2.05, 4.69) is 25.3 Å². The van der Waals surface area contributed by atoms with E-state index in [0.717, 1.165) is 11.4 Å². The molecule has 3 aliphatic heterocycles. The first-order valence-electron chi connectivity index (χ1n) is 9.64. The van der Waals surface area contributed by atoms with Crippen LogP contribution in [0.2, 0.25) is 5.02 Å². The number of imidazole rings is 1. The Morgan fingerprint density at radius 3 is 3.03 bits per heavy atom. The van der Waals surface area contributed by atoms with E-state index in [-0.39, 0.29) is 31.0 Å². The molecule has 0 saturated carbocycles. The van der Waals surface area contributed by atoms with Gasteiger partial charge in [0.1, 0.15) is 48.2 Å². The van der Waals surface area contributed by atoms with Crippen LogP contribution in [0.3, 0.4) is 0 Å². The third-order valence-corrected chi connectivity index (χ3v) is 5.78. The molecule has 3 aromatic heterocycles. The topological polar surface area (TPSA) is 124 Å². The number of pyridine rings is 2.